The van der Waals surface area contributed by atoms with Gasteiger partial charge in [0.15, 0.2) is 12.2 Å². The normalized spacial score (nSPS) is 24.7. The number of alkyl halides is 2. The first-order chi connectivity index (χ1) is 19.5. The first kappa shape index (κ1) is 28.2. The molecule has 15 heteroatoms. The third-order valence-corrected chi connectivity index (χ3v) is 6.49. The number of carbonyl (C=O) groups excluding carboxylic acids is 2. The van der Waals surface area contributed by atoms with Crippen molar-refractivity contribution < 1.29 is 56.3 Å². The van der Waals surface area contributed by atoms with Crippen LogP contribution in [0.2, 0.25) is 0 Å². The maximum Gasteiger partial charge on any atom is 0.388 e. The summed E-state index contributed by atoms with van der Waals surface area (Å²) in [6, 6.07) is 9.49. The Hall–Kier alpha value is -4.34. The van der Waals surface area contributed by atoms with E-state index in [1.54, 1.807) is 0 Å². The highest BCUT2D eigenvalue weighted by Gasteiger charge is 2.55. The van der Waals surface area contributed by atoms with Gasteiger partial charge in [-0.05, 0) is 19.2 Å². The smallest absolute Gasteiger partial charge is 0.388 e. The van der Waals surface area contributed by atoms with E-state index in [0.717, 1.165) is 18.2 Å². The highest BCUT2D eigenvalue weighted by atomic mass is 19.3. The third kappa shape index (κ3) is 5.51. The predicted molar refractivity (Wildman–Crippen MR) is 127 cm³/mol. The van der Waals surface area contributed by atoms with Crippen molar-refractivity contribution in [2.45, 2.75) is 37.3 Å². The minimum atomic E-state index is -3.12. The molecule has 0 amide bonds. The summed E-state index contributed by atoms with van der Waals surface area (Å²) in [7, 11) is 1.43. The monoisotopic (exact) mass is 579 g/mol. The largest absolute Gasteiger partial charge is 0.485 e. The molecule has 1 spiro atoms. The summed E-state index contributed by atoms with van der Waals surface area (Å²) in [5.41, 5.74) is 0.657. The summed E-state index contributed by atoms with van der Waals surface area (Å²) in [6.45, 7) is -3.11. The molecule has 2 aromatic carbocycles. The number of hydrogen-bond acceptors (Lipinski definition) is 11. The lowest BCUT2D eigenvalue weighted by molar-refractivity contribution is -0.288. The zero-order valence-electron chi connectivity index (χ0n) is 21.0. The predicted octanol–water partition coefficient (Wildman–Crippen LogP) is 2.41. The molecule has 3 aromatic rings. The molecule has 216 valence electrons. The molecule has 3 unspecified atom stereocenters. The highest BCUT2D eigenvalue weighted by molar-refractivity contribution is 5.87. The van der Waals surface area contributed by atoms with Crippen LogP contribution >= 0.6 is 0 Å². The number of carbonyl (C=O) groups is 2. The fraction of sp³-hybridized carbons (Fsp3) is 0.308. The molecule has 3 heterocycles. The van der Waals surface area contributed by atoms with E-state index >= 15 is 0 Å². The first-order valence-electron chi connectivity index (χ1n) is 12.1. The molecular formula is C26H21F4N3O8. The van der Waals surface area contributed by atoms with Gasteiger partial charge in [-0.25, -0.2) is 23.3 Å². The average Bonchev–Trinajstić information content (AvgIpc) is 3.07. The number of aromatic nitrogens is 2. The fourth-order valence-electron chi connectivity index (χ4n) is 4.54. The number of aliphatic hydroxyl groups excluding tert-OH is 2. The SMILES string of the molecule is CN1CCC(Oc2cc(F)cc(F)c2)c2ccc(-c3ccc(OC(F)F)nn3)cc2C12OC(=O)C(O)C(O)C(=O)O2. The van der Waals surface area contributed by atoms with Gasteiger partial charge < -0.3 is 29.2 Å². The molecule has 1 fully saturated rings. The summed E-state index contributed by atoms with van der Waals surface area (Å²) < 4.78 is 74.0. The molecular weight excluding hydrogens is 558 g/mol. The Balaban J connectivity index is 1.65. The van der Waals surface area contributed by atoms with Crippen molar-refractivity contribution in [2.24, 2.45) is 0 Å². The van der Waals surface area contributed by atoms with Crippen molar-refractivity contribution >= 4 is 11.9 Å². The van der Waals surface area contributed by atoms with Gasteiger partial charge in [0, 0.05) is 48.4 Å². The van der Waals surface area contributed by atoms with Crippen LogP contribution < -0.4 is 9.47 Å². The van der Waals surface area contributed by atoms with E-state index < -0.39 is 60.3 Å². The van der Waals surface area contributed by atoms with E-state index in [0.29, 0.717) is 6.07 Å². The van der Waals surface area contributed by atoms with Crippen molar-refractivity contribution in [3.8, 4) is 22.9 Å². The zero-order valence-corrected chi connectivity index (χ0v) is 21.0. The molecule has 5 rings (SSSR count). The van der Waals surface area contributed by atoms with Crippen LogP contribution in [0.3, 0.4) is 0 Å². The maximum atomic E-state index is 13.9. The van der Waals surface area contributed by atoms with Crippen LogP contribution in [0.5, 0.6) is 11.6 Å². The van der Waals surface area contributed by atoms with Crippen LogP contribution in [0.15, 0.2) is 48.5 Å². The van der Waals surface area contributed by atoms with Gasteiger partial charge in [0.1, 0.15) is 23.5 Å². The number of benzene rings is 2. The van der Waals surface area contributed by atoms with Gasteiger partial charge in [-0.1, -0.05) is 12.1 Å². The van der Waals surface area contributed by atoms with Crippen molar-refractivity contribution in [3.63, 3.8) is 0 Å². The van der Waals surface area contributed by atoms with Crippen molar-refractivity contribution in [1.29, 1.82) is 0 Å². The van der Waals surface area contributed by atoms with Gasteiger partial charge >= 0.3 is 24.5 Å². The van der Waals surface area contributed by atoms with Gasteiger partial charge in [0.25, 0.3) is 0 Å². The molecule has 0 saturated carbocycles. The number of ether oxygens (including phenoxy) is 4. The molecule has 2 aliphatic heterocycles. The van der Waals surface area contributed by atoms with Crippen molar-refractivity contribution in [3.05, 3.63) is 71.3 Å². The molecule has 2 N–H and O–H groups in total. The van der Waals surface area contributed by atoms with Crippen LogP contribution in [0.25, 0.3) is 11.3 Å². The number of aliphatic hydroxyl groups is 2. The quantitative estimate of drug-likeness (QED) is 0.340. The Bertz CT molecular complexity index is 1430. The van der Waals surface area contributed by atoms with E-state index in [9.17, 15) is 37.4 Å². The van der Waals surface area contributed by atoms with E-state index in [2.05, 4.69) is 14.9 Å². The van der Waals surface area contributed by atoms with Gasteiger partial charge in [-0.2, -0.15) is 8.78 Å². The molecule has 2 aliphatic rings. The second-order valence-corrected chi connectivity index (χ2v) is 9.17. The minimum Gasteiger partial charge on any atom is -0.485 e. The molecule has 0 bridgehead atoms. The van der Waals surface area contributed by atoms with Crippen LogP contribution in [-0.2, 0) is 25.0 Å². The molecule has 41 heavy (non-hydrogen) atoms. The molecule has 1 aromatic heterocycles. The fourth-order valence-corrected chi connectivity index (χ4v) is 4.54. The Kier molecular flexibility index (Phi) is 7.50. The molecule has 1 saturated heterocycles. The third-order valence-electron chi connectivity index (χ3n) is 6.49. The van der Waals surface area contributed by atoms with Crippen LogP contribution in [-0.4, -0.2) is 69.7 Å². The summed E-state index contributed by atoms with van der Waals surface area (Å²) in [4.78, 5) is 26.8. The number of rotatable bonds is 5. The minimum absolute atomic E-state index is 0.0126. The number of hydrogen-bond donors (Lipinski definition) is 2. The lowest BCUT2D eigenvalue weighted by Gasteiger charge is -2.38. The first-order valence-corrected chi connectivity index (χ1v) is 12.1. The maximum absolute atomic E-state index is 13.9. The number of fused-ring (bicyclic) bond motifs is 2. The molecule has 3 atom stereocenters. The summed E-state index contributed by atoms with van der Waals surface area (Å²) in [5, 5.41) is 27.7. The topological polar surface area (TPSA) is 141 Å². The zero-order chi connectivity index (χ0) is 29.5. The van der Waals surface area contributed by atoms with Gasteiger partial charge in [0.05, 0.1) is 11.3 Å². The van der Waals surface area contributed by atoms with E-state index in [4.69, 9.17) is 14.2 Å². The van der Waals surface area contributed by atoms with Crippen LogP contribution in [0.1, 0.15) is 23.7 Å². The van der Waals surface area contributed by atoms with E-state index in [1.165, 1.54) is 36.2 Å². The standard InChI is InChI=1S/C26H21F4N3O8/c1-33-7-6-19(38-15-10-13(27)9-14(28)11-15)16-3-2-12(18-4-5-20(32-31-18)39-25(29)30)8-17(16)26(33)40-23(36)21(34)22(35)24(37)41-26/h2-5,8-11,19,21-22,25,34-35H,6-7H2,1H3. The Morgan fingerprint density at radius 3 is 2.22 bits per heavy atom. The second-order valence-electron chi connectivity index (χ2n) is 9.17. The average molecular weight is 579 g/mol. The summed E-state index contributed by atoms with van der Waals surface area (Å²) in [6.07, 6.45) is -5.31. The second kappa shape index (κ2) is 10.9. The number of halogens is 4. The van der Waals surface area contributed by atoms with E-state index in [-0.39, 0.29) is 41.1 Å². The Labute approximate surface area is 228 Å². The van der Waals surface area contributed by atoms with Gasteiger partial charge in [0.2, 0.25) is 5.88 Å². The van der Waals surface area contributed by atoms with Crippen LogP contribution in [0.4, 0.5) is 17.6 Å². The lowest BCUT2D eigenvalue weighted by Crippen LogP contribution is -2.50. The van der Waals surface area contributed by atoms with E-state index in [1.807, 2.05) is 0 Å². The Morgan fingerprint density at radius 2 is 1.63 bits per heavy atom. The highest BCUT2D eigenvalue weighted by Crippen LogP contribution is 2.44. The summed E-state index contributed by atoms with van der Waals surface area (Å²) in [5.74, 6) is -7.44. The summed E-state index contributed by atoms with van der Waals surface area (Å²) >= 11 is 0. The van der Waals surface area contributed by atoms with Crippen LogP contribution in [0, 0.1) is 11.6 Å². The lowest BCUT2D eigenvalue weighted by atomic mass is 9.95. The molecule has 0 radical (unpaired) electrons. The van der Waals surface area contributed by atoms with Gasteiger partial charge in [-0.15, -0.1) is 10.2 Å². The van der Waals surface area contributed by atoms with Gasteiger partial charge in [-0.3, -0.25) is 0 Å². The number of esters is 2. The van der Waals surface area contributed by atoms with Crippen molar-refractivity contribution in [1.82, 2.24) is 15.1 Å². The Morgan fingerprint density at radius 1 is 0.976 bits per heavy atom. The van der Waals surface area contributed by atoms with Crippen molar-refractivity contribution in [2.75, 3.05) is 13.6 Å². The molecule has 11 nitrogen and oxygen atoms in total. The number of nitrogens with zero attached hydrogens (tertiary/aromatic N) is 3. The molecule has 0 aliphatic carbocycles.